The minimum atomic E-state index is -0.937. The number of amides is 1. The molecule has 1 N–H and O–H groups in total. The maximum absolute atomic E-state index is 12.5. The Morgan fingerprint density at radius 1 is 1.15 bits per heavy atom. The van der Waals surface area contributed by atoms with Crippen LogP contribution in [-0.2, 0) is 16.1 Å². The number of aliphatic hydroxyl groups excluding tert-OH is 1. The highest BCUT2D eigenvalue weighted by Gasteiger charge is 2.40. The Bertz CT molecular complexity index is 1090. The lowest BCUT2D eigenvalue weighted by atomic mass is 9.88. The molecule has 2 aromatic carbocycles. The van der Waals surface area contributed by atoms with E-state index in [0.29, 0.717) is 24.2 Å². The number of esters is 1. The fourth-order valence-corrected chi connectivity index (χ4v) is 3.40. The van der Waals surface area contributed by atoms with Gasteiger partial charge in [0.2, 0.25) is 11.8 Å². The summed E-state index contributed by atoms with van der Waals surface area (Å²) in [6.45, 7) is 4.13. The van der Waals surface area contributed by atoms with Crippen molar-refractivity contribution in [2.24, 2.45) is 22.1 Å². The zero-order valence-corrected chi connectivity index (χ0v) is 18.6. The second-order valence-electron chi connectivity index (χ2n) is 7.76. The third kappa shape index (κ3) is 5.63. The van der Waals surface area contributed by atoms with Gasteiger partial charge in [0.15, 0.2) is 0 Å². The first-order chi connectivity index (χ1) is 16.0. The van der Waals surface area contributed by atoms with Crippen molar-refractivity contribution < 1.29 is 19.4 Å². The van der Waals surface area contributed by atoms with Gasteiger partial charge in [0, 0.05) is 12.5 Å². The maximum atomic E-state index is 12.5. The lowest BCUT2D eigenvalue weighted by Crippen LogP contribution is -2.43. The van der Waals surface area contributed by atoms with Crippen molar-refractivity contribution in [2.75, 3.05) is 6.54 Å². The molecule has 2 atom stereocenters. The van der Waals surface area contributed by atoms with Crippen LogP contribution in [0.25, 0.3) is 0 Å². The molecule has 0 aromatic heterocycles. The molecule has 1 aliphatic rings. The van der Waals surface area contributed by atoms with Crippen molar-refractivity contribution >= 4 is 17.6 Å². The van der Waals surface area contributed by atoms with E-state index in [1.165, 1.54) is 4.90 Å². The molecule has 8 nitrogen and oxygen atoms in total. The molecule has 0 fully saturated rings. The van der Waals surface area contributed by atoms with E-state index in [1.807, 2.05) is 43.3 Å². The van der Waals surface area contributed by atoms with Crippen molar-refractivity contribution in [3.63, 3.8) is 0 Å². The number of ether oxygens (including phenoxy) is 1. The van der Waals surface area contributed by atoms with Crippen molar-refractivity contribution in [1.82, 2.24) is 4.90 Å². The van der Waals surface area contributed by atoms with Crippen LogP contribution in [-0.4, -0.2) is 28.4 Å². The van der Waals surface area contributed by atoms with Crippen LogP contribution in [0.1, 0.15) is 42.6 Å². The molecule has 0 aliphatic carbocycles. The lowest BCUT2D eigenvalue weighted by Gasteiger charge is -2.32. The van der Waals surface area contributed by atoms with Crippen LogP contribution in [0.5, 0.6) is 0 Å². The Balaban J connectivity index is 1.72. The van der Waals surface area contributed by atoms with Crippen LogP contribution in [0.3, 0.4) is 0 Å². The first-order valence-electron chi connectivity index (χ1n) is 10.8. The van der Waals surface area contributed by atoms with Gasteiger partial charge in [-0.1, -0.05) is 50.6 Å². The van der Waals surface area contributed by atoms with Gasteiger partial charge in [-0.3, -0.25) is 9.69 Å². The van der Waals surface area contributed by atoms with Gasteiger partial charge >= 0.3 is 5.97 Å². The summed E-state index contributed by atoms with van der Waals surface area (Å²) in [6.07, 6.45) is 1.52. The predicted octanol–water partition coefficient (Wildman–Crippen LogP) is 5.27. The molecule has 2 aromatic rings. The van der Waals surface area contributed by atoms with E-state index in [9.17, 15) is 20.0 Å². The number of aliphatic hydroxyl groups is 1. The zero-order chi connectivity index (χ0) is 23.8. The van der Waals surface area contributed by atoms with Gasteiger partial charge < -0.3 is 9.84 Å². The third-order valence-corrected chi connectivity index (χ3v) is 5.41. The topological polar surface area (TPSA) is 115 Å². The van der Waals surface area contributed by atoms with Gasteiger partial charge in [0.05, 0.1) is 17.3 Å². The van der Waals surface area contributed by atoms with Crippen LogP contribution in [0, 0.1) is 23.2 Å². The summed E-state index contributed by atoms with van der Waals surface area (Å²) in [5.41, 5.74) is 1.91. The van der Waals surface area contributed by atoms with Gasteiger partial charge in [-0.15, -0.1) is 5.11 Å². The molecule has 0 saturated heterocycles. The number of nitrogens with zero attached hydrogens (tertiary/aromatic N) is 4. The first-order valence-corrected chi connectivity index (χ1v) is 10.8. The molecule has 170 valence electrons. The third-order valence-electron chi connectivity index (χ3n) is 5.41. The summed E-state index contributed by atoms with van der Waals surface area (Å²) in [4.78, 5) is 26.0. The summed E-state index contributed by atoms with van der Waals surface area (Å²) < 4.78 is 5.31. The standard InChI is InChI=1S/C25H26N4O4/c1-3-4-14-29-23(30)21(15-26)17(2)22(24(29)31)28-27-20-12-10-19(11-13-20)25(32)33-16-18-8-6-5-7-9-18/h5-13,17,21,31H,3-4,14,16H2,1-2H3/b28-27+. The number of unbranched alkanes of at least 4 members (excludes halogenated alkanes) is 1. The van der Waals surface area contributed by atoms with E-state index in [0.717, 1.165) is 12.0 Å². The van der Waals surface area contributed by atoms with E-state index in [-0.39, 0.29) is 18.2 Å². The first kappa shape index (κ1) is 23.7. The van der Waals surface area contributed by atoms with Crippen molar-refractivity contribution in [3.8, 4) is 6.07 Å². The number of azo groups is 1. The van der Waals surface area contributed by atoms with Crippen LogP contribution >= 0.6 is 0 Å². The summed E-state index contributed by atoms with van der Waals surface area (Å²) in [7, 11) is 0. The van der Waals surface area contributed by atoms with Crippen LogP contribution in [0.2, 0.25) is 0 Å². The fraction of sp³-hybridized carbons (Fsp3) is 0.320. The smallest absolute Gasteiger partial charge is 0.338 e. The molecular formula is C25H26N4O4. The normalized spacial score (nSPS) is 18.5. The number of carbonyl (C=O) groups excluding carboxylic acids is 2. The molecule has 1 amide bonds. The monoisotopic (exact) mass is 446 g/mol. The average Bonchev–Trinajstić information content (AvgIpc) is 2.83. The Kier molecular flexibility index (Phi) is 7.92. The van der Waals surface area contributed by atoms with Gasteiger partial charge in [-0.05, 0) is 36.2 Å². The van der Waals surface area contributed by atoms with Crippen molar-refractivity contribution in [2.45, 2.75) is 33.3 Å². The molecule has 2 unspecified atom stereocenters. The van der Waals surface area contributed by atoms with Gasteiger partial charge in [0.1, 0.15) is 18.2 Å². The molecular weight excluding hydrogens is 420 g/mol. The fourth-order valence-electron chi connectivity index (χ4n) is 3.40. The maximum Gasteiger partial charge on any atom is 0.338 e. The number of rotatable bonds is 8. The molecule has 0 bridgehead atoms. The molecule has 0 saturated carbocycles. The Labute approximate surface area is 192 Å². The summed E-state index contributed by atoms with van der Waals surface area (Å²) >= 11 is 0. The van der Waals surface area contributed by atoms with E-state index in [4.69, 9.17) is 4.74 Å². The molecule has 33 heavy (non-hydrogen) atoms. The number of carbonyl (C=O) groups is 2. The summed E-state index contributed by atoms with van der Waals surface area (Å²) in [6, 6.07) is 17.8. The van der Waals surface area contributed by atoms with E-state index >= 15 is 0 Å². The van der Waals surface area contributed by atoms with Gasteiger partial charge in [-0.2, -0.15) is 10.4 Å². The summed E-state index contributed by atoms with van der Waals surface area (Å²) in [5, 5.41) is 28.4. The SMILES string of the molecule is CCCCN1C(=O)C(C#N)C(C)C(/N=N/c2ccc(C(=O)OCc3ccccc3)cc2)=C1O. The lowest BCUT2D eigenvalue weighted by molar-refractivity contribution is -0.136. The molecule has 8 heteroatoms. The number of allylic oxidation sites excluding steroid dienone is 1. The minimum Gasteiger partial charge on any atom is -0.493 e. The predicted molar refractivity (Wildman–Crippen MR) is 121 cm³/mol. The molecule has 0 spiro atoms. The largest absolute Gasteiger partial charge is 0.493 e. The molecule has 0 radical (unpaired) electrons. The van der Waals surface area contributed by atoms with Crippen LogP contribution in [0.15, 0.2) is 76.4 Å². The number of nitriles is 1. The minimum absolute atomic E-state index is 0.180. The quantitative estimate of drug-likeness (QED) is 0.438. The second-order valence-corrected chi connectivity index (χ2v) is 7.76. The highest BCUT2D eigenvalue weighted by molar-refractivity contribution is 5.89. The van der Waals surface area contributed by atoms with E-state index < -0.39 is 23.7 Å². The van der Waals surface area contributed by atoms with Gasteiger partial charge in [-0.25, -0.2) is 4.79 Å². The highest BCUT2D eigenvalue weighted by atomic mass is 16.5. The van der Waals surface area contributed by atoms with Crippen molar-refractivity contribution in [3.05, 3.63) is 77.3 Å². The van der Waals surface area contributed by atoms with Crippen LogP contribution in [0.4, 0.5) is 5.69 Å². The Morgan fingerprint density at radius 3 is 2.48 bits per heavy atom. The molecule has 3 rings (SSSR count). The Morgan fingerprint density at radius 2 is 1.85 bits per heavy atom. The Hall–Kier alpha value is -3.99. The van der Waals surface area contributed by atoms with Crippen LogP contribution < -0.4 is 0 Å². The molecule has 1 heterocycles. The van der Waals surface area contributed by atoms with Crippen molar-refractivity contribution in [1.29, 1.82) is 5.26 Å². The van der Waals surface area contributed by atoms with E-state index in [1.54, 1.807) is 31.2 Å². The van der Waals surface area contributed by atoms with E-state index in [2.05, 4.69) is 10.2 Å². The second kappa shape index (κ2) is 11.0. The number of hydrogen-bond acceptors (Lipinski definition) is 7. The highest BCUT2D eigenvalue weighted by Crippen LogP contribution is 2.33. The number of hydrogen-bond donors (Lipinski definition) is 1. The van der Waals surface area contributed by atoms with Gasteiger partial charge in [0.25, 0.3) is 0 Å². The molecule has 1 aliphatic heterocycles. The zero-order valence-electron chi connectivity index (χ0n) is 18.6. The number of benzene rings is 2. The summed E-state index contributed by atoms with van der Waals surface area (Å²) in [5.74, 6) is -2.68. The average molecular weight is 447 g/mol.